The number of nitrogens with one attached hydrogen (secondary N) is 1. The summed E-state index contributed by atoms with van der Waals surface area (Å²) in [5.74, 6) is 0.625. The van der Waals surface area contributed by atoms with E-state index >= 15 is 0 Å². The van der Waals surface area contributed by atoms with Gasteiger partial charge >= 0.3 is 0 Å². The monoisotopic (exact) mass is 438 g/mol. The molecule has 0 unspecified atom stereocenters. The molecule has 0 aliphatic carbocycles. The third kappa shape index (κ3) is 4.37. The van der Waals surface area contributed by atoms with Crippen molar-refractivity contribution in [3.63, 3.8) is 0 Å². The van der Waals surface area contributed by atoms with Gasteiger partial charge in [-0.05, 0) is 68.2 Å². The van der Waals surface area contributed by atoms with Gasteiger partial charge in [-0.1, -0.05) is 30.3 Å². The van der Waals surface area contributed by atoms with Gasteiger partial charge in [-0.3, -0.25) is 4.79 Å². The Hall–Kier alpha value is -1.99. The van der Waals surface area contributed by atoms with Crippen molar-refractivity contribution in [1.82, 2.24) is 10.2 Å². The van der Waals surface area contributed by atoms with Crippen LogP contribution in [0.4, 0.5) is 0 Å². The number of carbonyl (C=O) groups is 1. The molecule has 0 bridgehead atoms. The molecule has 0 spiro atoms. The largest absolute Gasteiger partial charge is 0.427 e. The van der Waals surface area contributed by atoms with E-state index in [1.807, 2.05) is 49.3 Å². The lowest BCUT2D eigenvalue weighted by molar-refractivity contribution is 0.0715. The minimum Gasteiger partial charge on any atom is -0.427 e. The number of rotatable bonds is 5. The highest BCUT2D eigenvalue weighted by atomic mass is 32.1. The van der Waals surface area contributed by atoms with Crippen LogP contribution in [0, 0.1) is 0 Å². The number of piperidine rings is 1. The molecule has 1 fully saturated rings. The highest BCUT2D eigenvalue weighted by Crippen LogP contribution is 2.31. The molecule has 1 aromatic heterocycles. The number of fused-ring (bicyclic) bond motifs is 1. The van der Waals surface area contributed by atoms with Crippen LogP contribution in [0.15, 0.2) is 48.5 Å². The van der Waals surface area contributed by atoms with Gasteiger partial charge in [0.25, 0.3) is 5.91 Å². The molecule has 4 rings (SSSR count). The molecule has 4 nitrogen and oxygen atoms in total. The topological polar surface area (TPSA) is 52.6 Å². The maximum atomic E-state index is 13.3. The van der Waals surface area contributed by atoms with Crippen molar-refractivity contribution >= 4 is 40.1 Å². The zero-order valence-electron chi connectivity index (χ0n) is 17.9. The van der Waals surface area contributed by atoms with Crippen LogP contribution in [-0.2, 0) is 6.54 Å². The maximum absolute atomic E-state index is 13.3. The van der Waals surface area contributed by atoms with E-state index in [0.29, 0.717) is 5.92 Å². The molecule has 0 saturated carbocycles. The van der Waals surface area contributed by atoms with Gasteiger partial charge in [0.2, 0.25) is 8.32 Å². The summed E-state index contributed by atoms with van der Waals surface area (Å²) in [6.07, 6.45) is 1.99. The summed E-state index contributed by atoms with van der Waals surface area (Å²) >= 11 is 1.62. The van der Waals surface area contributed by atoms with Gasteiger partial charge in [-0.25, -0.2) is 0 Å². The van der Waals surface area contributed by atoms with Crippen molar-refractivity contribution in [2.24, 2.45) is 0 Å². The fourth-order valence-corrected chi connectivity index (χ4v) is 6.96. The Bertz CT molecular complexity index is 1050. The Labute approximate surface area is 183 Å². The Morgan fingerprint density at radius 1 is 1.17 bits per heavy atom. The molecule has 2 N–H and O–H groups in total. The van der Waals surface area contributed by atoms with E-state index < -0.39 is 8.32 Å². The smallest absolute Gasteiger partial charge is 0.254 e. The quantitative estimate of drug-likeness (QED) is 0.591. The predicted octanol–water partition coefficient (Wildman–Crippen LogP) is 4.04. The maximum Gasteiger partial charge on any atom is 0.254 e. The van der Waals surface area contributed by atoms with Crippen LogP contribution in [0.2, 0.25) is 13.1 Å². The first-order chi connectivity index (χ1) is 14.4. The Kier molecular flexibility index (Phi) is 6.11. The van der Waals surface area contributed by atoms with Crippen molar-refractivity contribution < 1.29 is 9.59 Å². The highest BCUT2D eigenvalue weighted by molar-refractivity contribution is 7.30. The molecule has 2 aromatic carbocycles. The highest BCUT2D eigenvalue weighted by Gasteiger charge is 2.28. The second kappa shape index (κ2) is 8.63. The standard InChI is InChI=1S/C24H30N2O2SSi/c1-25-16-17-6-4-7-19(14-17)18-10-12-26(13-11-18)24(27)20-8-5-9-22-21(20)15-23(29-22)30(2,3)28/h4-9,14-15,18,25,28H,10-13,16H2,1-3H3. The van der Waals surface area contributed by atoms with Crippen LogP contribution in [0.5, 0.6) is 0 Å². The summed E-state index contributed by atoms with van der Waals surface area (Å²) in [4.78, 5) is 25.8. The van der Waals surface area contributed by atoms with Crippen molar-refractivity contribution in [2.75, 3.05) is 20.1 Å². The van der Waals surface area contributed by atoms with Gasteiger partial charge in [0.1, 0.15) is 0 Å². The molecule has 158 valence electrons. The van der Waals surface area contributed by atoms with Gasteiger partial charge in [0, 0.05) is 39.8 Å². The van der Waals surface area contributed by atoms with Crippen molar-refractivity contribution in [1.29, 1.82) is 0 Å². The Morgan fingerprint density at radius 3 is 2.60 bits per heavy atom. The van der Waals surface area contributed by atoms with Gasteiger partial charge in [-0.15, -0.1) is 11.3 Å². The average Bonchev–Trinajstić information content (AvgIpc) is 3.19. The van der Waals surface area contributed by atoms with E-state index in [-0.39, 0.29) is 5.91 Å². The number of likely N-dealkylation sites (tertiary alicyclic amines) is 1. The van der Waals surface area contributed by atoms with Crippen LogP contribution in [-0.4, -0.2) is 44.1 Å². The summed E-state index contributed by atoms with van der Waals surface area (Å²) in [7, 11) is -0.412. The molecular formula is C24H30N2O2SSi. The molecule has 3 aromatic rings. The molecular weight excluding hydrogens is 408 g/mol. The summed E-state index contributed by atoms with van der Waals surface area (Å²) in [6, 6.07) is 16.8. The number of thiophene rings is 1. The van der Waals surface area contributed by atoms with E-state index in [4.69, 9.17) is 0 Å². The second-order valence-electron chi connectivity index (χ2n) is 8.73. The van der Waals surface area contributed by atoms with E-state index in [0.717, 1.165) is 52.6 Å². The Balaban J connectivity index is 1.50. The third-order valence-electron chi connectivity index (χ3n) is 5.98. The first-order valence-electron chi connectivity index (χ1n) is 10.6. The molecule has 1 saturated heterocycles. The number of carbonyl (C=O) groups excluding carboxylic acids is 1. The lowest BCUT2D eigenvalue weighted by Gasteiger charge is -2.32. The number of amides is 1. The lowest BCUT2D eigenvalue weighted by Crippen LogP contribution is -2.39. The third-order valence-corrected chi connectivity index (χ3v) is 10.0. The minimum absolute atomic E-state index is 0.116. The van der Waals surface area contributed by atoms with Gasteiger partial charge < -0.3 is 15.0 Å². The van der Waals surface area contributed by atoms with Crippen LogP contribution in [0.1, 0.15) is 40.2 Å². The van der Waals surface area contributed by atoms with E-state index in [9.17, 15) is 9.59 Å². The lowest BCUT2D eigenvalue weighted by atomic mass is 9.88. The van der Waals surface area contributed by atoms with Crippen LogP contribution in [0.3, 0.4) is 0 Å². The fourth-order valence-electron chi connectivity index (χ4n) is 4.30. The summed E-state index contributed by atoms with van der Waals surface area (Å²) in [5, 5.41) is 4.20. The first kappa shape index (κ1) is 21.2. The van der Waals surface area contributed by atoms with Crippen molar-refractivity contribution in [3.05, 3.63) is 65.2 Å². The zero-order chi connectivity index (χ0) is 21.3. The first-order valence-corrected chi connectivity index (χ1v) is 14.4. The number of benzene rings is 2. The molecule has 0 atom stereocenters. The van der Waals surface area contributed by atoms with E-state index in [1.54, 1.807) is 11.3 Å². The van der Waals surface area contributed by atoms with Crippen molar-refractivity contribution in [2.45, 2.75) is 38.4 Å². The van der Waals surface area contributed by atoms with Gasteiger partial charge in [0.05, 0.1) is 0 Å². The van der Waals surface area contributed by atoms with E-state index in [1.165, 1.54) is 11.1 Å². The second-order valence-corrected chi connectivity index (χ2v) is 13.8. The number of hydrogen-bond acceptors (Lipinski definition) is 4. The molecule has 2 heterocycles. The van der Waals surface area contributed by atoms with Crippen LogP contribution < -0.4 is 9.82 Å². The predicted molar refractivity (Wildman–Crippen MR) is 128 cm³/mol. The molecule has 30 heavy (non-hydrogen) atoms. The van der Waals surface area contributed by atoms with Crippen molar-refractivity contribution in [3.8, 4) is 0 Å². The SMILES string of the molecule is CNCc1cccc(C2CCN(C(=O)c3cccc4sc([Si](C)(C)O)cc34)CC2)c1. The minimum atomic E-state index is -2.38. The number of hydrogen-bond donors (Lipinski definition) is 2. The average molecular weight is 439 g/mol. The normalized spacial score (nSPS) is 15.7. The summed E-state index contributed by atoms with van der Waals surface area (Å²) in [6.45, 7) is 6.30. The molecule has 0 radical (unpaired) electrons. The van der Waals surface area contributed by atoms with Crippen LogP contribution >= 0.6 is 11.3 Å². The number of nitrogens with zero attached hydrogens (tertiary/aromatic N) is 1. The molecule has 1 amide bonds. The molecule has 6 heteroatoms. The molecule has 1 aliphatic rings. The van der Waals surface area contributed by atoms with E-state index in [2.05, 4.69) is 29.6 Å². The van der Waals surface area contributed by atoms with Crippen LogP contribution in [0.25, 0.3) is 10.1 Å². The summed E-state index contributed by atoms with van der Waals surface area (Å²) < 4.78 is 2.11. The fraction of sp³-hybridized carbons (Fsp3) is 0.375. The Morgan fingerprint density at radius 2 is 1.90 bits per heavy atom. The van der Waals surface area contributed by atoms with Gasteiger partial charge in [-0.2, -0.15) is 0 Å². The molecule has 1 aliphatic heterocycles. The van der Waals surface area contributed by atoms with Gasteiger partial charge in [0.15, 0.2) is 0 Å². The zero-order valence-corrected chi connectivity index (χ0v) is 19.8. The summed E-state index contributed by atoms with van der Waals surface area (Å²) in [5.41, 5.74) is 3.46.